The molecule has 3 rings (SSSR count). The molecule has 2 N–H and O–H groups in total. The third kappa shape index (κ3) is 3.31. The summed E-state index contributed by atoms with van der Waals surface area (Å²) in [5.41, 5.74) is 2.55. The van der Waals surface area contributed by atoms with Crippen LogP contribution in [0.1, 0.15) is 16.2 Å². The van der Waals surface area contributed by atoms with Gasteiger partial charge in [-0.2, -0.15) is 5.26 Å². The van der Waals surface area contributed by atoms with E-state index in [2.05, 4.69) is 32.0 Å². The second-order valence-electron chi connectivity index (χ2n) is 5.94. The molecule has 6 heteroatoms. The zero-order valence-electron chi connectivity index (χ0n) is 13.7. The Morgan fingerprint density at radius 2 is 2.12 bits per heavy atom. The SMILES string of the molecule is CN(C)CCn1ccc2ccc(NC(=O)c3ccc(C#N)[nH]3)cc21. The predicted octanol–water partition coefficient (Wildman–Crippen LogP) is 2.65. The molecule has 0 saturated carbocycles. The second-order valence-corrected chi connectivity index (χ2v) is 5.94. The topological polar surface area (TPSA) is 76.8 Å². The number of carbonyl (C=O) groups is 1. The van der Waals surface area contributed by atoms with E-state index in [1.165, 1.54) is 0 Å². The molecule has 0 aliphatic carbocycles. The normalized spacial score (nSPS) is 10.9. The molecule has 0 fully saturated rings. The van der Waals surface area contributed by atoms with E-state index in [1.807, 2.05) is 38.4 Å². The van der Waals surface area contributed by atoms with Crippen LogP contribution in [0.25, 0.3) is 10.9 Å². The van der Waals surface area contributed by atoms with Crippen molar-refractivity contribution < 1.29 is 4.79 Å². The van der Waals surface area contributed by atoms with Gasteiger partial charge in [-0.25, -0.2) is 0 Å². The number of H-pyrrole nitrogens is 1. The summed E-state index contributed by atoms with van der Waals surface area (Å²) in [5.74, 6) is -0.262. The highest BCUT2D eigenvalue weighted by molar-refractivity contribution is 6.04. The van der Waals surface area contributed by atoms with Gasteiger partial charge >= 0.3 is 0 Å². The number of aromatic amines is 1. The lowest BCUT2D eigenvalue weighted by atomic mass is 10.2. The molecule has 0 spiro atoms. The lowest BCUT2D eigenvalue weighted by Gasteiger charge is -2.12. The molecule has 6 nitrogen and oxygen atoms in total. The highest BCUT2D eigenvalue weighted by Gasteiger charge is 2.10. The number of nitrogens with one attached hydrogen (secondary N) is 2. The van der Waals surface area contributed by atoms with E-state index in [0.717, 1.165) is 29.7 Å². The van der Waals surface area contributed by atoms with Crippen LogP contribution in [0.3, 0.4) is 0 Å². The fraction of sp³-hybridized carbons (Fsp3) is 0.222. The Hall–Kier alpha value is -3.04. The number of nitrogens with zero attached hydrogens (tertiary/aromatic N) is 3. The first kappa shape index (κ1) is 15.8. The number of rotatable bonds is 5. The van der Waals surface area contributed by atoms with Crippen molar-refractivity contribution in [1.82, 2.24) is 14.5 Å². The van der Waals surface area contributed by atoms with E-state index in [-0.39, 0.29) is 5.91 Å². The predicted molar refractivity (Wildman–Crippen MR) is 94.0 cm³/mol. The largest absolute Gasteiger partial charge is 0.346 e. The van der Waals surface area contributed by atoms with Crippen molar-refractivity contribution in [2.45, 2.75) is 6.54 Å². The third-order valence-corrected chi connectivity index (χ3v) is 3.87. The Bertz CT molecular complexity index is 913. The number of nitriles is 1. The van der Waals surface area contributed by atoms with Gasteiger partial charge in [0.25, 0.3) is 5.91 Å². The number of amides is 1. The highest BCUT2D eigenvalue weighted by atomic mass is 16.1. The third-order valence-electron chi connectivity index (χ3n) is 3.87. The maximum atomic E-state index is 12.3. The van der Waals surface area contributed by atoms with Crippen LogP contribution in [-0.4, -0.2) is 41.0 Å². The molecule has 0 aliphatic heterocycles. The van der Waals surface area contributed by atoms with Crippen LogP contribution in [0.4, 0.5) is 5.69 Å². The molecule has 2 heterocycles. The van der Waals surface area contributed by atoms with Gasteiger partial charge in [-0.05, 0) is 49.8 Å². The maximum absolute atomic E-state index is 12.3. The Morgan fingerprint density at radius 1 is 1.29 bits per heavy atom. The van der Waals surface area contributed by atoms with Gasteiger partial charge in [-0.1, -0.05) is 6.07 Å². The van der Waals surface area contributed by atoms with E-state index in [1.54, 1.807) is 12.1 Å². The van der Waals surface area contributed by atoms with Gasteiger partial charge in [0.1, 0.15) is 17.5 Å². The molecule has 1 aromatic carbocycles. The minimum atomic E-state index is -0.262. The van der Waals surface area contributed by atoms with Crippen LogP contribution in [0.15, 0.2) is 42.6 Å². The molecule has 0 bridgehead atoms. The van der Waals surface area contributed by atoms with E-state index in [0.29, 0.717) is 11.4 Å². The molecule has 0 saturated heterocycles. The Kier molecular flexibility index (Phi) is 4.36. The molecule has 0 aliphatic rings. The Balaban J connectivity index is 1.80. The van der Waals surface area contributed by atoms with Crippen molar-refractivity contribution in [3.8, 4) is 6.07 Å². The summed E-state index contributed by atoms with van der Waals surface area (Å²) < 4.78 is 2.17. The Morgan fingerprint density at radius 3 is 2.83 bits per heavy atom. The molecule has 0 radical (unpaired) electrons. The molecule has 2 aromatic heterocycles. The van der Waals surface area contributed by atoms with Crippen LogP contribution in [-0.2, 0) is 6.54 Å². The van der Waals surface area contributed by atoms with Gasteiger partial charge in [0.2, 0.25) is 0 Å². The van der Waals surface area contributed by atoms with Crippen molar-refractivity contribution in [2.75, 3.05) is 26.0 Å². The minimum absolute atomic E-state index is 0.262. The summed E-state index contributed by atoms with van der Waals surface area (Å²) in [6.45, 7) is 1.83. The molecule has 0 atom stereocenters. The second kappa shape index (κ2) is 6.60. The van der Waals surface area contributed by atoms with Crippen LogP contribution in [0.5, 0.6) is 0 Å². The first-order chi connectivity index (χ1) is 11.6. The van der Waals surface area contributed by atoms with Gasteiger partial charge in [-0.15, -0.1) is 0 Å². The lowest BCUT2D eigenvalue weighted by molar-refractivity contribution is 0.102. The average molecular weight is 321 g/mol. The lowest BCUT2D eigenvalue weighted by Crippen LogP contribution is -2.18. The van der Waals surface area contributed by atoms with Crippen molar-refractivity contribution in [2.24, 2.45) is 0 Å². The molecular formula is C18H19N5O. The molecular weight excluding hydrogens is 302 g/mol. The molecule has 3 aromatic rings. The molecule has 0 unspecified atom stereocenters. The van der Waals surface area contributed by atoms with E-state index in [4.69, 9.17) is 5.26 Å². The zero-order valence-corrected chi connectivity index (χ0v) is 13.7. The van der Waals surface area contributed by atoms with Crippen LogP contribution >= 0.6 is 0 Å². The summed E-state index contributed by atoms with van der Waals surface area (Å²) in [6.07, 6.45) is 2.06. The monoisotopic (exact) mass is 321 g/mol. The summed E-state index contributed by atoms with van der Waals surface area (Å²) in [4.78, 5) is 17.2. The number of fused-ring (bicyclic) bond motifs is 1. The minimum Gasteiger partial charge on any atom is -0.346 e. The van der Waals surface area contributed by atoms with Crippen molar-refractivity contribution in [3.05, 3.63) is 54.0 Å². The van der Waals surface area contributed by atoms with E-state index >= 15 is 0 Å². The number of benzene rings is 1. The van der Waals surface area contributed by atoms with E-state index in [9.17, 15) is 4.79 Å². The van der Waals surface area contributed by atoms with Gasteiger partial charge in [0.15, 0.2) is 0 Å². The fourth-order valence-electron chi connectivity index (χ4n) is 2.56. The smallest absolute Gasteiger partial charge is 0.272 e. The number of likely N-dealkylation sites (N-methyl/N-ethyl adjacent to an activating group) is 1. The first-order valence-corrected chi connectivity index (χ1v) is 7.71. The van der Waals surface area contributed by atoms with Gasteiger partial charge < -0.3 is 19.8 Å². The van der Waals surface area contributed by atoms with Crippen LogP contribution in [0.2, 0.25) is 0 Å². The quantitative estimate of drug-likeness (QED) is 0.758. The number of carbonyl (C=O) groups excluding carboxylic acids is 1. The Labute approximate surface area is 140 Å². The van der Waals surface area contributed by atoms with Crippen molar-refractivity contribution >= 4 is 22.5 Å². The fourth-order valence-corrected chi connectivity index (χ4v) is 2.56. The van der Waals surface area contributed by atoms with Crippen molar-refractivity contribution in [3.63, 3.8) is 0 Å². The number of anilines is 1. The molecule has 1 amide bonds. The first-order valence-electron chi connectivity index (χ1n) is 7.71. The van der Waals surface area contributed by atoms with Crippen molar-refractivity contribution in [1.29, 1.82) is 5.26 Å². The van der Waals surface area contributed by atoms with Gasteiger partial charge in [0.05, 0.1) is 5.52 Å². The van der Waals surface area contributed by atoms with Crippen LogP contribution < -0.4 is 5.32 Å². The van der Waals surface area contributed by atoms with Crippen LogP contribution in [0, 0.1) is 11.3 Å². The average Bonchev–Trinajstić information content (AvgIpc) is 3.19. The molecule has 24 heavy (non-hydrogen) atoms. The summed E-state index contributed by atoms with van der Waals surface area (Å²) in [7, 11) is 4.09. The summed E-state index contributed by atoms with van der Waals surface area (Å²) in [5, 5.41) is 12.8. The standard InChI is InChI=1S/C18H19N5O/c1-22(2)9-10-23-8-7-13-3-4-14(11-17(13)23)21-18(24)16-6-5-15(12-19)20-16/h3-8,11,20H,9-10H2,1-2H3,(H,21,24). The number of hydrogen-bond donors (Lipinski definition) is 2. The van der Waals surface area contributed by atoms with Gasteiger partial charge in [0, 0.05) is 25.0 Å². The van der Waals surface area contributed by atoms with Gasteiger partial charge in [-0.3, -0.25) is 4.79 Å². The van der Waals surface area contributed by atoms with E-state index < -0.39 is 0 Å². The zero-order chi connectivity index (χ0) is 17.1. The number of aromatic nitrogens is 2. The summed E-state index contributed by atoms with van der Waals surface area (Å²) >= 11 is 0. The maximum Gasteiger partial charge on any atom is 0.272 e. The highest BCUT2D eigenvalue weighted by Crippen LogP contribution is 2.21. The molecule has 122 valence electrons. The summed E-state index contributed by atoms with van der Waals surface area (Å²) in [6, 6.07) is 13.1. The number of hydrogen-bond acceptors (Lipinski definition) is 3.